The van der Waals surface area contributed by atoms with Crippen molar-refractivity contribution in [3.8, 4) is 0 Å². The summed E-state index contributed by atoms with van der Waals surface area (Å²) in [5.41, 5.74) is 3.70. The maximum absolute atomic E-state index is 12.4. The van der Waals surface area contributed by atoms with Crippen molar-refractivity contribution < 1.29 is 4.79 Å². The molecule has 0 saturated carbocycles. The molecule has 0 unspecified atom stereocenters. The highest BCUT2D eigenvalue weighted by molar-refractivity contribution is 5.84. The monoisotopic (exact) mass is 280 g/mol. The largest absolute Gasteiger partial charge is 0.355 e. The van der Waals surface area contributed by atoms with Crippen molar-refractivity contribution in [1.29, 1.82) is 0 Å². The van der Waals surface area contributed by atoms with Crippen molar-refractivity contribution in [3.05, 3.63) is 65.5 Å². The number of carbonyl (C=O) groups excluding carboxylic acids is 1. The van der Waals surface area contributed by atoms with E-state index >= 15 is 0 Å². The van der Waals surface area contributed by atoms with E-state index in [1.165, 1.54) is 11.1 Å². The second-order valence-electron chi connectivity index (χ2n) is 5.55. The molecule has 1 aliphatic carbocycles. The number of hydrogen-bond acceptors (Lipinski definition) is 2. The molecule has 0 spiro atoms. The van der Waals surface area contributed by atoms with Crippen LogP contribution >= 0.6 is 0 Å². The Morgan fingerprint density at radius 1 is 1.24 bits per heavy atom. The lowest BCUT2D eigenvalue weighted by molar-refractivity contribution is -0.122. The summed E-state index contributed by atoms with van der Waals surface area (Å²) in [5, 5.41) is 3.08. The van der Waals surface area contributed by atoms with Gasteiger partial charge in [-0.3, -0.25) is 9.78 Å². The van der Waals surface area contributed by atoms with Crippen molar-refractivity contribution in [3.63, 3.8) is 0 Å². The second kappa shape index (κ2) is 6.53. The maximum atomic E-state index is 12.4. The zero-order valence-corrected chi connectivity index (χ0v) is 12.1. The van der Waals surface area contributed by atoms with Crippen LogP contribution in [0.3, 0.4) is 0 Å². The maximum Gasteiger partial charge on any atom is 0.227 e. The van der Waals surface area contributed by atoms with Crippen molar-refractivity contribution >= 4 is 5.91 Å². The predicted molar refractivity (Wildman–Crippen MR) is 83.1 cm³/mol. The van der Waals surface area contributed by atoms with Gasteiger partial charge in [0.2, 0.25) is 5.91 Å². The van der Waals surface area contributed by atoms with Crippen molar-refractivity contribution in [2.75, 3.05) is 6.54 Å². The van der Waals surface area contributed by atoms with Gasteiger partial charge in [-0.25, -0.2) is 0 Å². The van der Waals surface area contributed by atoms with Gasteiger partial charge < -0.3 is 5.32 Å². The van der Waals surface area contributed by atoms with E-state index in [0.29, 0.717) is 6.54 Å². The first-order chi connectivity index (χ1) is 10.3. The number of amides is 1. The summed E-state index contributed by atoms with van der Waals surface area (Å²) in [6.45, 7) is 0.670. The van der Waals surface area contributed by atoms with E-state index in [4.69, 9.17) is 0 Å². The number of carbonyl (C=O) groups is 1. The van der Waals surface area contributed by atoms with Gasteiger partial charge in [0.25, 0.3) is 0 Å². The zero-order chi connectivity index (χ0) is 14.5. The third-order valence-corrected chi connectivity index (χ3v) is 4.12. The van der Waals surface area contributed by atoms with Crippen LogP contribution in [0.1, 0.15) is 35.4 Å². The molecule has 3 nitrogen and oxygen atoms in total. The second-order valence-corrected chi connectivity index (χ2v) is 5.55. The molecule has 1 N–H and O–H groups in total. The number of nitrogens with zero attached hydrogens (tertiary/aromatic N) is 1. The Kier molecular flexibility index (Phi) is 4.29. The number of fused-ring (bicyclic) bond motifs is 1. The molecule has 1 heterocycles. The molecule has 1 aliphatic rings. The Bertz CT molecular complexity index is 610. The van der Waals surface area contributed by atoms with Crippen LogP contribution in [-0.2, 0) is 17.6 Å². The number of benzene rings is 1. The fourth-order valence-electron chi connectivity index (χ4n) is 3.03. The predicted octanol–water partition coefficient (Wildman–Crippen LogP) is 2.86. The van der Waals surface area contributed by atoms with Crippen molar-refractivity contribution in [1.82, 2.24) is 10.3 Å². The summed E-state index contributed by atoms with van der Waals surface area (Å²) in [7, 11) is 0. The van der Waals surface area contributed by atoms with Gasteiger partial charge in [-0.2, -0.15) is 0 Å². The van der Waals surface area contributed by atoms with Crippen LogP contribution in [0, 0.1) is 0 Å². The highest BCUT2D eigenvalue weighted by atomic mass is 16.1. The lowest BCUT2D eigenvalue weighted by Crippen LogP contribution is -2.32. The average molecular weight is 280 g/mol. The van der Waals surface area contributed by atoms with Gasteiger partial charge in [-0.05, 0) is 48.4 Å². The number of rotatable bonds is 4. The van der Waals surface area contributed by atoms with Crippen LogP contribution < -0.4 is 5.32 Å². The molecule has 0 bridgehead atoms. The molecular formula is C18H20N2O. The lowest BCUT2D eigenvalue weighted by Gasteiger charge is -2.24. The fourth-order valence-corrected chi connectivity index (χ4v) is 3.03. The van der Waals surface area contributed by atoms with E-state index in [1.54, 1.807) is 6.20 Å². The minimum atomic E-state index is 0.0175. The van der Waals surface area contributed by atoms with E-state index in [9.17, 15) is 4.79 Å². The Morgan fingerprint density at radius 2 is 2.14 bits per heavy atom. The van der Waals surface area contributed by atoms with Gasteiger partial charge in [0.05, 0.1) is 5.92 Å². The number of hydrogen-bond donors (Lipinski definition) is 1. The quantitative estimate of drug-likeness (QED) is 0.935. The van der Waals surface area contributed by atoms with Gasteiger partial charge in [0.15, 0.2) is 0 Å². The van der Waals surface area contributed by atoms with Crippen LogP contribution in [0.4, 0.5) is 0 Å². The molecular weight excluding hydrogens is 260 g/mol. The van der Waals surface area contributed by atoms with Gasteiger partial charge in [-0.1, -0.05) is 30.3 Å². The van der Waals surface area contributed by atoms with Crippen LogP contribution in [-0.4, -0.2) is 17.4 Å². The zero-order valence-electron chi connectivity index (χ0n) is 12.1. The third kappa shape index (κ3) is 3.30. The first kappa shape index (κ1) is 13.8. The van der Waals surface area contributed by atoms with Gasteiger partial charge in [0.1, 0.15) is 0 Å². The van der Waals surface area contributed by atoms with Crippen molar-refractivity contribution in [2.24, 2.45) is 0 Å². The summed E-state index contributed by atoms with van der Waals surface area (Å²) in [5.74, 6) is 0.176. The van der Waals surface area contributed by atoms with Crippen LogP contribution in [0.25, 0.3) is 0 Å². The number of nitrogens with one attached hydrogen (secondary N) is 1. The van der Waals surface area contributed by atoms with Gasteiger partial charge in [-0.15, -0.1) is 0 Å². The minimum Gasteiger partial charge on any atom is -0.355 e. The van der Waals surface area contributed by atoms with Crippen LogP contribution in [0.5, 0.6) is 0 Å². The highest BCUT2D eigenvalue weighted by Crippen LogP contribution is 2.31. The lowest BCUT2D eigenvalue weighted by atomic mass is 9.82. The molecule has 0 fully saturated rings. The molecule has 0 radical (unpaired) electrons. The van der Waals surface area contributed by atoms with E-state index in [-0.39, 0.29) is 11.8 Å². The van der Waals surface area contributed by atoms with Crippen LogP contribution in [0.15, 0.2) is 48.8 Å². The molecule has 1 aromatic carbocycles. The molecule has 3 rings (SSSR count). The molecule has 1 atom stereocenters. The Balaban J connectivity index is 1.59. The van der Waals surface area contributed by atoms with Crippen LogP contribution in [0.2, 0.25) is 0 Å². The molecule has 1 aromatic heterocycles. The van der Waals surface area contributed by atoms with Gasteiger partial charge >= 0.3 is 0 Å². The minimum absolute atomic E-state index is 0.0175. The summed E-state index contributed by atoms with van der Waals surface area (Å²) >= 11 is 0. The molecule has 1 amide bonds. The standard InChI is InChI=1S/C18H20N2O/c21-18(20-12-10-14-5-4-11-19-13-14)17-9-3-7-15-6-1-2-8-16(15)17/h1-2,4-6,8,11,13,17H,3,7,9-10,12H2,(H,20,21)/t17-/m0/s1. The van der Waals surface area contributed by atoms with E-state index in [2.05, 4.69) is 28.5 Å². The highest BCUT2D eigenvalue weighted by Gasteiger charge is 2.25. The molecule has 3 heteroatoms. The third-order valence-electron chi connectivity index (χ3n) is 4.12. The fraction of sp³-hybridized carbons (Fsp3) is 0.333. The molecule has 21 heavy (non-hydrogen) atoms. The number of pyridine rings is 1. The molecule has 2 aromatic rings. The summed E-state index contributed by atoms with van der Waals surface area (Å²) in [6.07, 6.45) is 7.58. The van der Waals surface area contributed by atoms with Crippen molar-refractivity contribution in [2.45, 2.75) is 31.6 Å². The first-order valence-electron chi connectivity index (χ1n) is 7.59. The summed E-state index contributed by atoms with van der Waals surface area (Å²) in [4.78, 5) is 16.5. The molecule has 0 aliphatic heterocycles. The average Bonchev–Trinajstić information content (AvgIpc) is 2.55. The smallest absolute Gasteiger partial charge is 0.227 e. The molecule has 108 valence electrons. The summed E-state index contributed by atoms with van der Waals surface area (Å²) in [6, 6.07) is 12.3. The first-order valence-corrected chi connectivity index (χ1v) is 7.59. The summed E-state index contributed by atoms with van der Waals surface area (Å²) < 4.78 is 0. The number of aromatic nitrogens is 1. The van der Waals surface area contributed by atoms with E-state index in [0.717, 1.165) is 31.2 Å². The van der Waals surface area contributed by atoms with Gasteiger partial charge in [0, 0.05) is 18.9 Å². The SMILES string of the molecule is O=C(NCCc1cccnc1)[C@H]1CCCc2ccccc21. The normalized spacial score (nSPS) is 17.0. The Hall–Kier alpha value is -2.16. The Labute approximate surface area is 125 Å². The van der Waals surface area contributed by atoms with E-state index < -0.39 is 0 Å². The number of aryl methyl sites for hydroxylation is 1. The topological polar surface area (TPSA) is 42.0 Å². The molecule has 0 saturated heterocycles. The Morgan fingerprint density at radius 3 is 3.00 bits per heavy atom. The van der Waals surface area contributed by atoms with E-state index in [1.807, 2.05) is 24.4 Å².